The lowest BCUT2D eigenvalue weighted by Gasteiger charge is -2.25. The first-order chi connectivity index (χ1) is 6.33. The molecule has 1 atom stereocenters. The number of aryl methyl sites for hydroxylation is 1. The first-order valence-corrected chi connectivity index (χ1v) is 5.12. The van der Waals surface area contributed by atoms with Crippen molar-refractivity contribution in [3.8, 4) is 0 Å². The molecule has 0 spiro atoms. The first-order valence-electron chi connectivity index (χ1n) is 4.74. The average molecular weight is 200 g/mol. The maximum absolute atomic E-state index is 6.00. The lowest BCUT2D eigenvalue weighted by Crippen LogP contribution is -2.20. The van der Waals surface area contributed by atoms with Gasteiger partial charge in [0.05, 0.1) is 0 Å². The second-order valence-corrected chi connectivity index (χ2v) is 3.85. The third kappa shape index (κ3) is 1.58. The zero-order valence-electron chi connectivity index (χ0n) is 7.54. The molecule has 2 N–H and O–H groups in total. The standard InChI is InChI=1S/C9H14ClN3/c10-9-12-6-8-3-1-2-7(4-5-11)13(8)9/h6-7H,1-5,11H2. The van der Waals surface area contributed by atoms with Gasteiger partial charge in [-0.05, 0) is 43.8 Å². The molecule has 72 valence electrons. The largest absolute Gasteiger partial charge is 0.330 e. The molecule has 1 unspecified atom stereocenters. The van der Waals surface area contributed by atoms with Gasteiger partial charge in [0.2, 0.25) is 5.28 Å². The van der Waals surface area contributed by atoms with Gasteiger partial charge in [0.15, 0.2) is 0 Å². The Labute approximate surface area is 82.9 Å². The molecular formula is C9H14ClN3. The molecule has 0 radical (unpaired) electrons. The van der Waals surface area contributed by atoms with Crippen LogP contribution >= 0.6 is 11.6 Å². The number of hydrogen-bond donors (Lipinski definition) is 1. The Hall–Kier alpha value is -0.540. The quantitative estimate of drug-likeness (QED) is 0.789. The van der Waals surface area contributed by atoms with Crippen LogP contribution in [0.2, 0.25) is 5.28 Å². The van der Waals surface area contributed by atoms with E-state index in [0.29, 0.717) is 11.3 Å². The highest BCUT2D eigenvalue weighted by Crippen LogP contribution is 2.30. The van der Waals surface area contributed by atoms with E-state index in [9.17, 15) is 0 Å². The van der Waals surface area contributed by atoms with Crippen LogP contribution in [0.4, 0.5) is 0 Å². The molecule has 0 saturated heterocycles. The maximum atomic E-state index is 6.00. The zero-order chi connectivity index (χ0) is 9.26. The van der Waals surface area contributed by atoms with E-state index in [1.54, 1.807) is 0 Å². The SMILES string of the molecule is NCCC1CCCc2cnc(Cl)n21. The van der Waals surface area contributed by atoms with Gasteiger partial charge in [-0.3, -0.25) is 0 Å². The molecule has 1 aliphatic rings. The van der Waals surface area contributed by atoms with E-state index in [0.717, 1.165) is 19.4 Å². The Balaban J connectivity index is 2.29. The average Bonchev–Trinajstić information content (AvgIpc) is 2.50. The lowest BCUT2D eigenvalue weighted by atomic mass is 10.0. The molecule has 3 nitrogen and oxygen atoms in total. The monoisotopic (exact) mass is 199 g/mol. The maximum Gasteiger partial charge on any atom is 0.203 e. The Kier molecular flexibility index (Phi) is 2.56. The number of imidazole rings is 1. The molecule has 1 aromatic heterocycles. The molecule has 4 heteroatoms. The van der Waals surface area contributed by atoms with E-state index in [4.69, 9.17) is 17.3 Å². The molecule has 0 bridgehead atoms. The molecule has 1 aliphatic heterocycles. The van der Waals surface area contributed by atoms with E-state index in [2.05, 4.69) is 9.55 Å². The van der Waals surface area contributed by atoms with E-state index >= 15 is 0 Å². The second-order valence-electron chi connectivity index (χ2n) is 3.51. The summed E-state index contributed by atoms with van der Waals surface area (Å²) in [6.45, 7) is 0.721. The van der Waals surface area contributed by atoms with Gasteiger partial charge in [0.25, 0.3) is 0 Å². The van der Waals surface area contributed by atoms with Crippen LogP contribution in [0, 0.1) is 0 Å². The predicted molar refractivity (Wildman–Crippen MR) is 52.9 cm³/mol. The fraction of sp³-hybridized carbons (Fsp3) is 0.667. The van der Waals surface area contributed by atoms with Crippen molar-refractivity contribution in [2.75, 3.05) is 6.54 Å². The number of fused-ring (bicyclic) bond motifs is 1. The molecule has 13 heavy (non-hydrogen) atoms. The van der Waals surface area contributed by atoms with Gasteiger partial charge in [-0.15, -0.1) is 0 Å². The minimum atomic E-state index is 0.476. The summed E-state index contributed by atoms with van der Waals surface area (Å²) in [5.74, 6) is 0. The van der Waals surface area contributed by atoms with Crippen molar-refractivity contribution in [2.45, 2.75) is 31.7 Å². The fourth-order valence-corrected chi connectivity index (χ4v) is 2.35. The van der Waals surface area contributed by atoms with Gasteiger partial charge in [-0.25, -0.2) is 4.98 Å². The van der Waals surface area contributed by atoms with Crippen molar-refractivity contribution in [2.24, 2.45) is 5.73 Å². The van der Waals surface area contributed by atoms with E-state index in [1.165, 1.54) is 18.5 Å². The van der Waals surface area contributed by atoms with Crippen molar-refractivity contribution in [1.82, 2.24) is 9.55 Å². The highest BCUT2D eigenvalue weighted by molar-refractivity contribution is 6.28. The molecule has 0 aliphatic carbocycles. The first kappa shape index (κ1) is 9.03. The molecular weight excluding hydrogens is 186 g/mol. The number of nitrogens with two attached hydrogens (primary N) is 1. The molecule has 2 heterocycles. The summed E-state index contributed by atoms with van der Waals surface area (Å²) in [6.07, 6.45) is 6.39. The van der Waals surface area contributed by atoms with Crippen LogP contribution in [0.5, 0.6) is 0 Å². The summed E-state index contributed by atoms with van der Waals surface area (Å²) >= 11 is 6.00. The normalized spacial score (nSPS) is 21.5. The molecule has 0 aromatic carbocycles. The number of nitrogens with zero attached hydrogens (tertiary/aromatic N) is 2. The summed E-state index contributed by atoms with van der Waals surface area (Å²) in [5, 5.41) is 0.619. The van der Waals surface area contributed by atoms with Crippen molar-refractivity contribution >= 4 is 11.6 Å². The number of halogens is 1. The van der Waals surface area contributed by atoms with Crippen LogP contribution in [0.1, 0.15) is 31.0 Å². The van der Waals surface area contributed by atoms with Gasteiger partial charge < -0.3 is 10.3 Å². The number of hydrogen-bond acceptors (Lipinski definition) is 2. The fourth-order valence-electron chi connectivity index (χ4n) is 2.05. The summed E-state index contributed by atoms with van der Waals surface area (Å²) < 4.78 is 2.14. The van der Waals surface area contributed by atoms with Gasteiger partial charge in [-0.2, -0.15) is 0 Å². The highest BCUT2D eigenvalue weighted by atomic mass is 35.5. The second kappa shape index (κ2) is 3.68. The molecule has 0 amide bonds. The van der Waals surface area contributed by atoms with Crippen molar-refractivity contribution in [3.05, 3.63) is 17.2 Å². The van der Waals surface area contributed by atoms with Gasteiger partial charge in [-0.1, -0.05) is 0 Å². The zero-order valence-corrected chi connectivity index (χ0v) is 8.30. The minimum Gasteiger partial charge on any atom is -0.330 e. The van der Waals surface area contributed by atoms with Gasteiger partial charge in [0, 0.05) is 17.9 Å². The smallest absolute Gasteiger partial charge is 0.203 e. The third-order valence-electron chi connectivity index (χ3n) is 2.66. The summed E-state index contributed by atoms with van der Waals surface area (Å²) in [5.41, 5.74) is 6.82. The Morgan fingerprint density at radius 3 is 3.31 bits per heavy atom. The topological polar surface area (TPSA) is 43.8 Å². The Morgan fingerprint density at radius 2 is 2.54 bits per heavy atom. The highest BCUT2D eigenvalue weighted by Gasteiger charge is 2.21. The van der Waals surface area contributed by atoms with Crippen molar-refractivity contribution in [1.29, 1.82) is 0 Å². The number of aromatic nitrogens is 2. The Morgan fingerprint density at radius 1 is 1.69 bits per heavy atom. The summed E-state index contributed by atoms with van der Waals surface area (Å²) in [7, 11) is 0. The molecule has 0 saturated carbocycles. The van der Waals surface area contributed by atoms with Gasteiger partial charge >= 0.3 is 0 Å². The van der Waals surface area contributed by atoms with E-state index in [-0.39, 0.29) is 0 Å². The lowest BCUT2D eigenvalue weighted by molar-refractivity contribution is 0.384. The number of rotatable bonds is 2. The molecule has 2 rings (SSSR count). The Bertz CT molecular complexity index is 295. The van der Waals surface area contributed by atoms with E-state index in [1.807, 2.05) is 6.20 Å². The summed E-state index contributed by atoms with van der Waals surface area (Å²) in [4.78, 5) is 4.12. The third-order valence-corrected chi connectivity index (χ3v) is 2.94. The van der Waals surface area contributed by atoms with Crippen molar-refractivity contribution in [3.63, 3.8) is 0 Å². The van der Waals surface area contributed by atoms with Crippen LogP contribution in [-0.2, 0) is 6.42 Å². The molecule has 1 aromatic rings. The summed E-state index contributed by atoms with van der Waals surface area (Å²) in [6, 6.07) is 0.476. The van der Waals surface area contributed by atoms with E-state index < -0.39 is 0 Å². The molecule has 0 fully saturated rings. The van der Waals surface area contributed by atoms with Crippen LogP contribution in [0.3, 0.4) is 0 Å². The van der Waals surface area contributed by atoms with Crippen LogP contribution in [0.25, 0.3) is 0 Å². The minimum absolute atomic E-state index is 0.476. The van der Waals surface area contributed by atoms with Crippen LogP contribution < -0.4 is 5.73 Å². The predicted octanol–water partition coefficient (Wildman–Crippen LogP) is 1.76. The van der Waals surface area contributed by atoms with Crippen molar-refractivity contribution < 1.29 is 0 Å². The van der Waals surface area contributed by atoms with Crippen LogP contribution in [0.15, 0.2) is 6.20 Å². The van der Waals surface area contributed by atoms with Gasteiger partial charge in [0.1, 0.15) is 0 Å². The van der Waals surface area contributed by atoms with Crippen LogP contribution in [-0.4, -0.2) is 16.1 Å².